The van der Waals surface area contributed by atoms with E-state index in [1.54, 1.807) is 48.3 Å². The Morgan fingerprint density at radius 3 is 2.43 bits per heavy atom. The van der Waals surface area contributed by atoms with E-state index in [0.29, 0.717) is 21.6 Å². The van der Waals surface area contributed by atoms with Gasteiger partial charge < -0.3 is 0 Å². The fraction of sp³-hybridized carbons (Fsp3) is 0.0455. The van der Waals surface area contributed by atoms with Crippen LogP contribution in [0, 0.1) is 5.82 Å². The van der Waals surface area contributed by atoms with E-state index in [9.17, 15) is 4.39 Å². The van der Waals surface area contributed by atoms with E-state index in [1.807, 2.05) is 24.3 Å². The molecule has 0 atom stereocenters. The van der Waals surface area contributed by atoms with Crippen molar-refractivity contribution in [3.8, 4) is 22.8 Å². The van der Waals surface area contributed by atoms with E-state index in [-0.39, 0.29) is 16.4 Å². The van der Waals surface area contributed by atoms with Crippen LogP contribution in [0.4, 0.5) is 10.1 Å². The van der Waals surface area contributed by atoms with Gasteiger partial charge in [0.15, 0.2) is 11.6 Å². The van der Waals surface area contributed by atoms with Crippen molar-refractivity contribution in [2.45, 2.75) is 0 Å². The average molecular weight is 460 g/mol. The van der Waals surface area contributed by atoms with Gasteiger partial charge in [-0.3, -0.25) is 4.99 Å². The van der Waals surface area contributed by atoms with Crippen LogP contribution in [0.2, 0.25) is 15.1 Å². The maximum atomic E-state index is 14.2. The second-order valence-electron chi connectivity index (χ2n) is 6.46. The summed E-state index contributed by atoms with van der Waals surface area (Å²) in [5.41, 5.74) is 2.52. The molecule has 0 unspecified atom stereocenters. The van der Waals surface area contributed by atoms with Gasteiger partial charge in [0.2, 0.25) is 0 Å². The van der Waals surface area contributed by atoms with Crippen LogP contribution in [0.1, 0.15) is 5.56 Å². The van der Waals surface area contributed by atoms with Gasteiger partial charge in [-0.25, -0.2) is 14.1 Å². The molecule has 1 aromatic heterocycles. The average Bonchev–Trinajstić information content (AvgIpc) is 3.09. The highest BCUT2D eigenvalue weighted by Crippen LogP contribution is 2.30. The first-order valence-electron chi connectivity index (χ1n) is 8.87. The van der Waals surface area contributed by atoms with Crippen LogP contribution in [-0.4, -0.2) is 21.0 Å². The molecule has 0 amide bonds. The molecule has 0 radical (unpaired) electrons. The molecule has 0 aliphatic rings. The van der Waals surface area contributed by atoms with Crippen LogP contribution >= 0.6 is 34.8 Å². The quantitative estimate of drug-likeness (QED) is 0.308. The molecule has 4 nitrogen and oxygen atoms in total. The second kappa shape index (κ2) is 8.56. The highest BCUT2D eigenvalue weighted by molar-refractivity contribution is 6.36. The molecule has 0 spiro atoms. The number of hydrogen-bond donors (Lipinski definition) is 0. The summed E-state index contributed by atoms with van der Waals surface area (Å²) in [4.78, 5) is 8.87. The van der Waals surface area contributed by atoms with Crippen LogP contribution in [-0.2, 0) is 7.05 Å². The molecule has 4 aromatic rings. The largest absolute Gasteiger partial charge is 0.255 e. The normalized spacial score (nSPS) is 11.4. The maximum absolute atomic E-state index is 14.2. The number of aromatic nitrogens is 3. The van der Waals surface area contributed by atoms with Gasteiger partial charge in [0.05, 0.1) is 21.3 Å². The Hall–Kier alpha value is -2.73. The van der Waals surface area contributed by atoms with Gasteiger partial charge in [-0.1, -0.05) is 65.1 Å². The minimum Gasteiger partial charge on any atom is -0.255 e. The third-order valence-electron chi connectivity index (χ3n) is 4.38. The first kappa shape index (κ1) is 20.5. The fourth-order valence-electron chi connectivity index (χ4n) is 2.90. The van der Waals surface area contributed by atoms with Crippen molar-refractivity contribution in [2.24, 2.45) is 12.0 Å². The molecule has 3 aromatic carbocycles. The molecule has 0 fully saturated rings. The molecule has 150 valence electrons. The standard InChI is InChI=1S/C22H14Cl3FN4/c1-30-22(28-21(29-30)20-16(24)3-2-4-18(20)26)14-7-5-13(6-8-14)12-27-19-10-9-15(23)11-17(19)25/h2-12H,1H3. The molecule has 0 saturated carbocycles. The van der Waals surface area contributed by atoms with Crippen molar-refractivity contribution in [2.75, 3.05) is 0 Å². The van der Waals surface area contributed by atoms with Gasteiger partial charge in [-0.2, -0.15) is 5.10 Å². The van der Waals surface area contributed by atoms with E-state index < -0.39 is 5.82 Å². The summed E-state index contributed by atoms with van der Waals surface area (Å²) in [6, 6.07) is 17.2. The lowest BCUT2D eigenvalue weighted by molar-refractivity contribution is 0.629. The van der Waals surface area contributed by atoms with Crippen molar-refractivity contribution >= 4 is 46.7 Å². The monoisotopic (exact) mass is 458 g/mol. The lowest BCUT2D eigenvalue weighted by Crippen LogP contribution is -1.95. The first-order chi connectivity index (χ1) is 14.4. The summed E-state index contributed by atoms with van der Waals surface area (Å²) in [5.74, 6) is 0.360. The number of rotatable bonds is 4. The van der Waals surface area contributed by atoms with Crippen LogP contribution in [0.3, 0.4) is 0 Å². The van der Waals surface area contributed by atoms with Crippen LogP contribution in [0.15, 0.2) is 65.7 Å². The highest BCUT2D eigenvalue weighted by atomic mass is 35.5. The lowest BCUT2D eigenvalue weighted by atomic mass is 10.1. The Balaban J connectivity index is 1.60. The summed E-state index contributed by atoms with van der Waals surface area (Å²) in [7, 11) is 1.75. The SMILES string of the molecule is Cn1nc(-c2c(F)cccc2Cl)nc1-c1ccc(C=Nc2ccc(Cl)cc2Cl)cc1. The minimum atomic E-state index is -0.466. The Labute approximate surface area is 187 Å². The number of halogens is 4. The molecule has 8 heteroatoms. The summed E-state index contributed by atoms with van der Waals surface area (Å²) in [6.45, 7) is 0. The van der Waals surface area contributed by atoms with Gasteiger partial charge in [-0.05, 0) is 35.9 Å². The van der Waals surface area contributed by atoms with Crippen molar-refractivity contribution in [1.82, 2.24) is 14.8 Å². The van der Waals surface area contributed by atoms with E-state index in [2.05, 4.69) is 15.1 Å². The predicted molar refractivity (Wildman–Crippen MR) is 121 cm³/mol. The summed E-state index contributed by atoms with van der Waals surface area (Å²) >= 11 is 18.2. The van der Waals surface area contributed by atoms with Crippen molar-refractivity contribution < 1.29 is 4.39 Å². The Kier molecular flexibility index (Phi) is 5.86. The van der Waals surface area contributed by atoms with Crippen molar-refractivity contribution in [3.63, 3.8) is 0 Å². The Morgan fingerprint density at radius 2 is 1.73 bits per heavy atom. The molecule has 0 aliphatic heterocycles. The second-order valence-corrected chi connectivity index (χ2v) is 7.71. The van der Waals surface area contributed by atoms with Crippen molar-refractivity contribution in [3.05, 3.63) is 87.1 Å². The number of benzene rings is 3. The predicted octanol–water partition coefficient (Wildman–Crippen LogP) is 7.00. The number of aliphatic imine (C=N–C) groups is 1. The summed E-state index contributed by atoms with van der Waals surface area (Å²) < 4.78 is 15.8. The van der Waals surface area contributed by atoms with Gasteiger partial charge >= 0.3 is 0 Å². The Morgan fingerprint density at radius 1 is 0.967 bits per heavy atom. The fourth-order valence-corrected chi connectivity index (χ4v) is 3.61. The molecule has 0 bridgehead atoms. The third-order valence-corrected chi connectivity index (χ3v) is 5.23. The van der Waals surface area contributed by atoms with Crippen LogP contribution in [0.25, 0.3) is 22.8 Å². The molecule has 4 rings (SSSR count). The van der Waals surface area contributed by atoms with E-state index >= 15 is 0 Å². The smallest absolute Gasteiger partial charge is 0.186 e. The van der Waals surface area contributed by atoms with Gasteiger partial charge in [0.25, 0.3) is 0 Å². The lowest BCUT2D eigenvalue weighted by Gasteiger charge is -2.01. The van der Waals surface area contributed by atoms with Crippen molar-refractivity contribution in [1.29, 1.82) is 0 Å². The zero-order valence-electron chi connectivity index (χ0n) is 15.7. The molecular weight excluding hydrogens is 446 g/mol. The van der Waals surface area contributed by atoms with Crippen LogP contribution in [0.5, 0.6) is 0 Å². The van der Waals surface area contributed by atoms with Gasteiger partial charge in [0, 0.05) is 23.8 Å². The topological polar surface area (TPSA) is 43.1 Å². The van der Waals surface area contributed by atoms with Gasteiger partial charge in [-0.15, -0.1) is 0 Å². The Bertz CT molecular complexity index is 1230. The summed E-state index contributed by atoms with van der Waals surface area (Å²) in [5, 5.41) is 5.63. The molecule has 0 saturated heterocycles. The van der Waals surface area contributed by atoms with Crippen LogP contribution < -0.4 is 0 Å². The summed E-state index contributed by atoms with van der Waals surface area (Å²) in [6.07, 6.45) is 1.71. The third kappa shape index (κ3) is 4.24. The zero-order chi connectivity index (χ0) is 21.3. The molecule has 0 N–H and O–H groups in total. The highest BCUT2D eigenvalue weighted by Gasteiger charge is 2.17. The number of aryl methyl sites for hydroxylation is 1. The molecule has 30 heavy (non-hydrogen) atoms. The molecule has 1 heterocycles. The minimum absolute atomic E-state index is 0.185. The van der Waals surface area contributed by atoms with Gasteiger partial charge in [0.1, 0.15) is 5.82 Å². The first-order valence-corrected chi connectivity index (χ1v) is 10.0. The van der Waals surface area contributed by atoms with E-state index in [1.165, 1.54) is 6.07 Å². The number of nitrogens with zero attached hydrogens (tertiary/aromatic N) is 4. The molecule has 0 aliphatic carbocycles. The maximum Gasteiger partial charge on any atom is 0.186 e. The number of hydrogen-bond acceptors (Lipinski definition) is 3. The van der Waals surface area contributed by atoms with E-state index in [4.69, 9.17) is 34.8 Å². The zero-order valence-corrected chi connectivity index (χ0v) is 17.9. The van der Waals surface area contributed by atoms with E-state index in [0.717, 1.165) is 11.1 Å². The molecular formula is C22H14Cl3FN4.